The lowest BCUT2D eigenvalue weighted by atomic mass is 10.1. The number of unbranched alkanes of at least 4 members (excludes halogenated alkanes) is 31. The van der Waals surface area contributed by atoms with Gasteiger partial charge in [0.15, 0.2) is 6.10 Å². The number of carbonyl (C=O) groups is 3. The van der Waals surface area contributed by atoms with Crippen LogP contribution in [0.4, 0.5) is 0 Å². The largest absolute Gasteiger partial charge is 0.462 e. The van der Waals surface area contributed by atoms with Gasteiger partial charge in [-0.15, -0.1) is 0 Å². The fourth-order valence-corrected chi connectivity index (χ4v) is 8.09. The van der Waals surface area contributed by atoms with Crippen LogP contribution in [0, 0.1) is 0 Å². The van der Waals surface area contributed by atoms with Gasteiger partial charge in [-0.2, -0.15) is 0 Å². The molecule has 0 aliphatic carbocycles. The van der Waals surface area contributed by atoms with Gasteiger partial charge in [-0.25, -0.2) is 0 Å². The molecular formula is C61H108O6. The molecule has 0 N–H and O–H groups in total. The monoisotopic (exact) mass is 937 g/mol. The Morgan fingerprint density at radius 3 is 0.910 bits per heavy atom. The molecule has 0 aromatic heterocycles. The summed E-state index contributed by atoms with van der Waals surface area (Å²) < 4.78 is 16.8. The quantitative estimate of drug-likeness (QED) is 0.0262. The highest BCUT2D eigenvalue weighted by molar-refractivity contribution is 5.71. The van der Waals surface area contributed by atoms with Gasteiger partial charge in [0.1, 0.15) is 13.2 Å². The minimum absolute atomic E-state index is 0.0904. The van der Waals surface area contributed by atoms with Crippen LogP contribution in [-0.4, -0.2) is 37.2 Å². The van der Waals surface area contributed by atoms with Crippen molar-refractivity contribution in [1.82, 2.24) is 0 Å². The first-order valence-corrected chi connectivity index (χ1v) is 28.8. The van der Waals surface area contributed by atoms with E-state index in [-0.39, 0.29) is 31.1 Å². The van der Waals surface area contributed by atoms with Gasteiger partial charge < -0.3 is 14.2 Å². The molecule has 0 saturated carbocycles. The molecule has 1 atom stereocenters. The van der Waals surface area contributed by atoms with E-state index in [1.54, 1.807) is 0 Å². The average molecular weight is 938 g/mol. The molecule has 0 fully saturated rings. The second-order valence-corrected chi connectivity index (χ2v) is 19.2. The van der Waals surface area contributed by atoms with Gasteiger partial charge in [-0.3, -0.25) is 14.4 Å². The number of carbonyl (C=O) groups excluding carboxylic acids is 3. The van der Waals surface area contributed by atoms with Gasteiger partial charge in [-0.05, 0) is 109 Å². The van der Waals surface area contributed by atoms with Gasteiger partial charge in [0.25, 0.3) is 0 Å². The lowest BCUT2D eigenvalue weighted by molar-refractivity contribution is -0.167. The number of allylic oxidation sites excluding steroid dienone is 10. The second kappa shape index (κ2) is 55.7. The summed E-state index contributed by atoms with van der Waals surface area (Å²) in [4.78, 5) is 38.1. The maximum Gasteiger partial charge on any atom is 0.306 e. The second-order valence-electron chi connectivity index (χ2n) is 19.2. The molecule has 0 aromatic carbocycles. The molecule has 0 bridgehead atoms. The first-order chi connectivity index (χ1) is 33.0. The minimum Gasteiger partial charge on any atom is -0.462 e. The zero-order valence-corrected chi connectivity index (χ0v) is 44.4. The van der Waals surface area contributed by atoms with Gasteiger partial charge in [0, 0.05) is 19.3 Å². The molecule has 6 nitrogen and oxygen atoms in total. The summed E-state index contributed by atoms with van der Waals surface area (Å²) in [5.74, 6) is -0.930. The number of ether oxygens (including phenoxy) is 3. The molecule has 0 rings (SSSR count). The van der Waals surface area contributed by atoms with Crippen molar-refractivity contribution in [3.8, 4) is 0 Å². The first kappa shape index (κ1) is 64.1. The molecule has 0 spiro atoms. The van der Waals surface area contributed by atoms with Crippen molar-refractivity contribution in [3.63, 3.8) is 0 Å². The molecule has 6 heteroatoms. The van der Waals surface area contributed by atoms with Crippen molar-refractivity contribution >= 4 is 17.9 Å². The highest BCUT2D eigenvalue weighted by Crippen LogP contribution is 2.15. The Hall–Kier alpha value is -2.89. The molecule has 0 aromatic rings. The van der Waals surface area contributed by atoms with E-state index in [2.05, 4.69) is 81.5 Å². The molecule has 67 heavy (non-hydrogen) atoms. The van der Waals surface area contributed by atoms with Crippen LogP contribution in [0.1, 0.15) is 290 Å². The zero-order valence-electron chi connectivity index (χ0n) is 44.4. The lowest BCUT2D eigenvalue weighted by Gasteiger charge is -2.18. The predicted molar refractivity (Wildman–Crippen MR) is 288 cm³/mol. The first-order valence-electron chi connectivity index (χ1n) is 28.8. The van der Waals surface area contributed by atoms with Crippen LogP contribution in [0.25, 0.3) is 0 Å². The van der Waals surface area contributed by atoms with Gasteiger partial charge in [0.05, 0.1) is 0 Å². The number of esters is 3. The Balaban J connectivity index is 4.42. The molecular weight excluding hydrogens is 829 g/mol. The highest BCUT2D eigenvalue weighted by Gasteiger charge is 2.19. The SMILES string of the molecule is CCCCC/C=C\C/C=C\C/C=C\CCCCC(=O)OC[C@H](COC(=O)CCCCCCC/C=C\CCCCCCCC)OC(=O)CCCCCCCCCCC/C=C\CCCCCCCC. The molecule has 0 unspecified atom stereocenters. The van der Waals surface area contributed by atoms with Gasteiger partial charge in [0.2, 0.25) is 0 Å². The van der Waals surface area contributed by atoms with Crippen molar-refractivity contribution in [2.45, 2.75) is 297 Å². The lowest BCUT2D eigenvalue weighted by Crippen LogP contribution is -2.30. The fraction of sp³-hybridized carbons (Fsp3) is 0.787. The molecule has 0 amide bonds. The van der Waals surface area contributed by atoms with Gasteiger partial charge >= 0.3 is 17.9 Å². The third-order valence-corrected chi connectivity index (χ3v) is 12.5. The number of hydrogen-bond donors (Lipinski definition) is 0. The van der Waals surface area contributed by atoms with E-state index in [4.69, 9.17) is 14.2 Å². The van der Waals surface area contributed by atoms with Crippen molar-refractivity contribution < 1.29 is 28.6 Å². The number of hydrogen-bond acceptors (Lipinski definition) is 6. The van der Waals surface area contributed by atoms with Crippen LogP contribution in [0.3, 0.4) is 0 Å². The normalized spacial score (nSPS) is 12.5. The molecule has 0 aliphatic heterocycles. The van der Waals surface area contributed by atoms with E-state index in [9.17, 15) is 14.4 Å². The van der Waals surface area contributed by atoms with Crippen molar-refractivity contribution in [1.29, 1.82) is 0 Å². The summed E-state index contributed by atoms with van der Waals surface area (Å²) in [5, 5.41) is 0. The summed E-state index contributed by atoms with van der Waals surface area (Å²) in [6.07, 6.45) is 69.2. The van der Waals surface area contributed by atoms with Gasteiger partial charge in [-0.1, -0.05) is 223 Å². The van der Waals surface area contributed by atoms with Crippen molar-refractivity contribution in [2.24, 2.45) is 0 Å². The van der Waals surface area contributed by atoms with Crippen LogP contribution in [0.15, 0.2) is 60.8 Å². The van der Waals surface area contributed by atoms with Crippen LogP contribution in [-0.2, 0) is 28.6 Å². The maximum atomic E-state index is 12.9. The summed E-state index contributed by atoms with van der Waals surface area (Å²) >= 11 is 0. The minimum atomic E-state index is -0.794. The summed E-state index contributed by atoms with van der Waals surface area (Å²) in [6.45, 7) is 6.58. The fourth-order valence-electron chi connectivity index (χ4n) is 8.09. The van der Waals surface area contributed by atoms with E-state index < -0.39 is 6.10 Å². The summed E-state index contributed by atoms with van der Waals surface area (Å²) in [5.41, 5.74) is 0. The average Bonchev–Trinajstić information content (AvgIpc) is 3.33. The Morgan fingerprint density at radius 2 is 0.537 bits per heavy atom. The van der Waals surface area contributed by atoms with E-state index in [1.165, 1.54) is 173 Å². The van der Waals surface area contributed by atoms with Crippen LogP contribution < -0.4 is 0 Å². The summed E-state index contributed by atoms with van der Waals surface area (Å²) in [7, 11) is 0. The number of rotatable bonds is 52. The molecule has 0 heterocycles. The Bertz CT molecular complexity index is 1210. The predicted octanol–water partition coefficient (Wildman–Crippen LogP) is 19.2. The Kier molecular flexibility index (Phi) is 53.3. The van der Waals surface area contributed by atoms with E-state index in [0.717, 1.165) is 77.0 Å². The van der Waals surface area contributed by atoms with Crippen LogP contribution in [0.2, 0.25) is 0 Å². The molecule has 0 saturated heterocycles. The molecule has 0 radical (unpaired) electrons. The third-order valence-electron chi connectivity index (χ3n) is 12.5. The Labute approximate surface area is 415 Å². The topological polar surface area (TPSA) is 78.9 Å². The standard InChI is InChI=1S/C61H108O6/c1-4-7-10-13-16-19-22-25-28-29-30-31-34-37-40-43-46-49-52-55-61(64)67-58(56-65-59(62)53-50-47-44-41-38-35-32-26-23-20-17-14-11-8-5-2)57-66-60(63)54-51-48-45-42-39-36-33-27-24-21-18-15-12-9-6-3/h17,20,25-28,32-33,38,41,58H,4-16,18-19,21-24,29-31,34-37,39-40,42-57H2,1-3H3/b20-17-,28-25-,32-26-,33-27-,41-38-/t58-/m1/s1. The van der Waals surface area contributed by atoms with E-state index >= 15 is 0 Å². The van der Waals surface area contributed by atoms with Crippen molar-refractivity contribution in [2.75, 3.05) is 13.2 Å². The maximum absolute atomic E-state index is 12.9. The third kappa shape index (κ3) is 53.9. The smallest absolute Gasteiger partial charge is 0.306 e. The molecule has 0 aliphatic rings. The summed E-state index contributed by atoms with van der Waals surface area (Å²) in [6, 6.07) is 0. The highest BCUT2D eigenvalue weighted by atomic mass is 16.6. The van der Waals surface area contributed by atoms with E-state index in [1.807, 2.05) is 0 Å². The van der Waals surface area contributed by atoms with E-state index in [0.29, 0.717) is 19.3 Å². The van der Waals surface area contributed by atoms with Crippen LogP contribution in [0.5, 0.6) is 0 Å². The van der Waals surface area contributed by atoms with Crippen LogP contribution >= 0.6 is 0 Å². The zero-order chi connectivity index (χ0) is 48.6. The molecule has 388 valence electrons. The van der Waals surface area contributed by atoms with Crippen molar-refractivity contribution in [3.05, 3.63) is 60.8 Å². The Morgan fingerprint density at radius 1 is 0.299 bits per heavy atom.